The van der Waals surface area contributed by atoms with Gasteiger partial charge in [-0.2, -0.15) is 0 Å². The smallest absolute Gasteiger partial charge is 0.318 e. The first-order chi connectivity index (χ1) is 20.2. The summed E-state index contributed by atoms with van der Waals surface area (Å²) in [5, 5.41) is 17.0. The lowest BCUT2D eigenvalue weighted by Gasteiger charge is -2.31. The van der Waals surface area contributed by atoms with Crippen LogP contribution in [-0.2, 0) is 22.4 Å². The summed E-state index contributed by atoms with van der Waals surface area (Å²) in [6.45, 7) is 3.42. The highest BCUT2D eigenvalue weighted by Crippen LogP contribution is 2.21. The van der Waals surface area contributed by atoms with Crippen LogP contribution in [0.5, 0.6) is 0 Å². The van der Waals surface area contributed by atoms with E-state index < -0.39 is 17.0 Å². The maximum atomic E-state index is 13.5. The van der Waals surface area contributed by atoms with Crippen molar-refractivity contribution < 1.29 is 19.3 Å². The Morgan fingerprint density at radius 2 is 1.67 bits per heavy atom. The molecule has 2 aromatic carbocycles. The van der Waals surface area contributed by atoms with Gasteiger partial charge in [0.1, 0.15) is 6.04 Å². The Morgan fingerprint density at radius 1 is 0.976 bits per heavy atom. The summed E-state index contributed by atoms with van der Waals surface area (Å²) in [5.74, 6) is 0.143. The fraction of sp³-hybridized carbons (Fsp3) is 0.516. The van der Waals surface area contributed by atoms with Crippen LogP contribution in [0.1, 0.15) is 50.2 Å². The van der Waals surface area contributed by atoms with Gasteiger partial charge in [0, 0.05) is 63.5 Å². The van der Waals surface area contributed by atoms with E-state index in [0.29, 0.717) is 50.0 Å². The number of likely N-dealkylation sites (N-methyl/N-ethyl adjacent to an activating group) is 1. The number of urea groups is 1. The molecule has 1 aliphatic carbocycles. The maximum Gasteiger partial charge on any atom is 0.318 e. The molecule has 0 bridgehead atoms. The summed E-state index contributed by atoms with van der Waals surface area (Å²) in [5.41, 5.74) is 1.74. The molecule has 3 rings (SSSR count). The Labute approximate surface area is 252 Å². The van der Waals surface area contributed by atoms with Gasteiger partial charge in [-0.25, -0.2) is 4.79 Å². The van der Waals surface area contributed by atoms with E-state index in [9.17, 15) is 24.5 Å². The molecule has 0 heterocycles. The molecule has 2 aromatic rings. The average molecular weight is 598 g/mol. The van der Waals surface area contributed by atoms with Gasteiger partial charge in [-0.05, 0) is 37.4 Å². The quantitative estimate of drug-likeness (QED) is 0.230. The highest BCUT2D eigenvalue weighted by Gasteiger charge is 2.25. The highest BCUT2D eigenvalue weighted by atomic mass is 32.2. The number of amides is 3. The number of thioether (sulfide) groups is 1. The second kappa shape index (κ2) is 17.5. The fourth-order valence-electron chi connectivity index (χ4n) is 5.15. The van der Waals surface area contributed by atoms with Crippen LogP contribution >= 0.6 is 11.8 Å². The number of rotatable bonds is 15. The predicted octanol–water partition coefficient (Wildman–Crippen LogP) is 4.42. The molecule has 2 N–H and O–H groups in total. The van der Waals surface area contributed by atoms with Crippen LogP contribution < -0.4 is 10.6 Å². The van der Waals surface area contributed by atoms with Crippen LogP contribution in [0.3, 0.4) is 0 Å². The number of nitro groups is 1. The molecule has 11 heteroatoms. The van der Waals surface area contributed by atoms with E-state index in [4.69, 9.17) is 0 Å². The normalized spacial score (nSPS) is 14.3. The number of hydrogen-bond donors (Lipinski definition) is 2. The van der Waals surface area contributed by atoms with E-state index >= 15 is 0 Å². The first-order valence-electron chi connectivity index (χ1n) is 14.7. The standard InChI is InChI=1S/C31H43N5O5S/c1-24(37)42-22-21-35(19-17-25-9-5-3-6-10-25)31(39)33-29(23-26-13-15-28(16-14-26)36(40)41)30(38)32-18-20-34(2)27-11-7-4-8-12-27/h3,5-6,9-10,13-16,27,29H,4,7-8,11-12,17-23H2,1-2H3,(H,32,38)(H,33,39). The van der Waals surface area contributed by atoms with Gasteiger partial charge in [0.25, 0.3) is 5.69 Å². The fourth-order valence-corrected chi connectivity index (χ4v) is 5.74. The molecule has 42 heavy (non-hydrogen) atoms. The number of non-ortho nitro benzene ring substituents is 1. The second-order valence-corrected chi connectivity index (χ2v) is 12.0. The van der Waals surface area contributed by atoms with Crippen molar-refractivity contribution in [1.29, 1.82) is 0 Å². The van der Waals surface area contributed by atoms with Gasteiger partial charge in [-0.3, -0.25) is 19.7 Å². The number of nitrogens with zero attached hydrogens (tertiary/aromatic N) is 3. The van der Waals surface area contributed by atoms with Gasteiger partial charge in [0.2, 0.25) is 5.91 Å². The van der Waals surface area contributed by atoms with Crippen molar-refractivity contribution >= 4 is 34.5 Å². The molecule has 1 fully saturated rings. The highest BCUT2D eigenvalue weighted by molar-refractivity contribution is 8.13. The van der Waals surface area contributed by atoms with Gasteiger partial charge in [0.05, 0.1) is 4.92 Å². The third kappa shape index (κ3) is 11.4. The molecule has 1 aliphatic rings. The topological polar surface area (TPSA) is 125 Å². The minimum atomic E-state index is -0.876. The van der Waals surface area contributed by atoms with Crippen molar-refractivity contribution in [3.63, 3.8) is 0 Å². The number of nitro benzene ring substituents is 1. The minimum absolute atomic E-state index is 0.0213. The van der Waals surface area contributed by atoms with Gasteiger partial charge >= 0.3 is 6.03 Å². The zero-order valence-electron chi connectivity index (χ0n) is 24.6. The van der Waals surface area contributed by atoms with Crippen LogP contribution in [-0.4, -0.2) is 82.8 Å². The molecule has 0 spiro atoms. The summed E-state index contributed by atoms with van der Waals surface area (Å²) in [7, 11) is 2.09. The Bertz CT molecular complexity index is 1160. The third-order valence-corrected chi connectivity index (χ3v) is 8.42. The molecular weight excluding hydrogens is 554 g/mol. The lowest BCUT2D eigenvalue weighted by atomic mass is 9.94. The molecule has 1 saturated carbocycles. The minimum Gasteiger partial charge on any atom is -0.353 e. The van der Waals surface area contributed by atoms with Gasteiger partial charge in [-0.1, -0.05) is 73.5 Å². The van der Waals surface area contributed by atoms with E-state index in [1.54, 1.807) is 17.0 Å². The molecule has 1 unspecified atom stereocenters. The zero-order valence-corrected chi connectivity index (χ0v) is 25.4. The summed E-state index contributed by atoms with van der Waals surface area (Å²) in [6.07, 6.45) is 6.90. The molecule has 1 atom stereocenters. The number of benzene rings is 2. The van der Waals surface area contributed by atoms with E-state index in [1.807, 2.05) is 30.3 Å². The van der Waals surface area contributed by atoms with Gasteiger partial charge in [-0.15, -0.1) is 0 Å². The number of nitrogens with one attached hydrogen (secondary N) is 2. The van der Waals surface area contributed by atoms with Crippen molar-refractivity contribution in [3.8, 4) is 0 Å². The Balaban J connectivity index is 1.68. The van der Waals surface area contributed by atoms with Crippen LogP contribution in [0.15, 0.2) is 54.6 Å². The number of carbonyl (C=O) groups is 3. The molecule has 3 amide bonds. The van der Waals surface area contributed by atoms with Gasteiger partial charge < -0.3 is 20.4 Å². The van der Waals surface area contributed by atoms with Crippen molar-refractivity contribution in [2.75, 3.05) is 39.0 Å². The average Bonchev–Trinajstić information content (AvgIpc) is 2.99. The molecule has 0 saturated heterocycles. The summed E-state index contributed by atoms with van der Waals surface area (Å²) >= 11 is 1.16. The van der Waals surface area contributed by atoms with Crippen molar-refractivity contribution in [2.24, 2.45) is 0 Å². The largest absolute Gasteiger partial charge is 0.353 e. The van der Waals surface area contributed by atoms with E-state index in [0.717, 1.165) is 17.3 Å². The van der Waals surface area contributed by atoms with Crippen LogP contribution in [0.2, 0.25) is 0 Å². The van der Waals surface area contributed by atoms with E-state index in [-0.39, 0.29) is 23.1 Å². The van der Waals surface area contributed by atoms with E-state index in [1.165, 1.54) is 51.2 Å². The monoisotopic (exact) mass is 597 g/mol. The van der Waals surface area contributed by atoms with Crippen molar-refractivity contribution in [2.45, 2.75) is 64.0 Å². The molecule has 228 valence electrons. The SMILES string of the molecule is CC(=O)SCCN(CCc1ccccc1)C(=O)NC(Cc1ccc([N+](=O)[O-])cc1)C(=O)NCCN(C)C1CCCCC1. The van der Waals surface area contributed by atoms with Crippen LogP contribution in [0.4, 0.5) is 10.5 Å². The Hall–Kier alpha value is -3.44. The third-order valence-electron chi connectivity index (χ3n) is 7.63. The summed E-state index contributed by atoms with van der Waals surface area (Å²) < 4.78 is 0. The van der Waals surface area contributed by atoms with Gasteiger partial charge in [0.15, 0.2) is 5.12 Å². The van der Waals surface area contributed by atoms with Crippen molar-refractivity contribution in [3.05, 3.63) is 75.8 Å². The zero-order chi connectivity index (χ0) is 30.3. The molecular formula is C31H43N5O5S. The molecule has 0 radical (unpaired) electrons. The second-order valence-electron chi connectivity index (χ2n) is 10.8. The van der Waals surface area contributed by atoms with E-state index in [2.05, 4.69) is 22.6 Å². The summed E-state index contributed by atoms with van der Waals surface area (Å²) in [6, 6.07) is 15.1. The Morgan fingerprint density at radius 3 is 2.31 bits per heavy atom. The first-order valence-corrected chi connectivity index (χ1v) is 15.7. The predicted molar refractivity (Wildman–Crippen MR) is 166 cm³/mol. The Kier molecular flexibility index (Phi) is 13.8. The molecule has 10 nitrogen and oxygen atoms in total. The maximum absolute atomic E-state index is 13.5. The van der Waals surface area contributed by atoms with Crippen LogP contribution in [0, 0.1) is 10.1 Å². The lowest BCUT2D eigenvalue weighted by molar-refractivity contribution is -0.384. The lowest BCUT2D eigenvalue weighted by Crippen LogP contribution is -2.53. The van der Waals surface area contributed by atoms with Crippen LogP contribution in [0.25, 0.3) is 0 Å². The number of hydrogen-bond acceptors (Lipinski definition) is 7. The summed E-state index contributed by atoms with van der Waals surface area (Å²) in [4.78, 5) is 53.0. The molecule has 0 aromatic heterocycles. The number of carbonyl (C=O) groups excluding carboxylic acids is 3. The molecule has 0 aliphatic heterocycles. The van der Waals surface area contributed by atoms with Crippen molar-refractivity contribution in [1.82, 2.24) is 20.4 Å². The first kappa shape index (κ1) is 33.1.